The topological polar surface area (TPSA) is 63.7 Å². The molecule has 4 atom stereocenters. The summed E-state index contributed by atoms with van der Waals surface area (Å²) in [6, 6.07) is -0.136. The molecule has 0 radical (unpaired) electrons. The van der Waals surface area contributed by atoms with Crippen LogP contribution in [0.3, 0.4) is 0 Å². The fourth-order valence-corrected chi connectivity index (χ4v) is 5.23. The van der Waals surface area contributed by atoms with Gasteiger partial charge in [-0.05, 0) is 51.9 Å². The first-order chi connectivity index (χ1) is 15.6. The van der Waals surface area contributed by atoms with Crippen LogP contribution in [0.15, 0.2) is 0 Å². The van der Waals surface area contributed by atoms with Crippen molar-refractivity contribution in [3.63, 3.8) is 0 Å². The Bertz CT molecular complexity index is 524. The monoisotopic (exact) mass is 453 g/mol. The average molecular weight is 453 g/mol. The summed E-state index contributed by atoms with van der Waals surface area (Å²) >= 11 is 0. The summed E-state index contributed by atoms with van der Waals surface area (Å²) in [7, 11) is 5.29. The summed E-state index contributed by atoms with van der Waals surface area (Å²) in [6.45, 7) is 8.56. The molecule has 0 aromatic carbocycles. The molecule has 8 nitrogen and oxygen atoms in total. The first kappa shape index (κ1) is 25.9. The van der Waals surface area contributed by atoms with E-state index in [4.69, 9.17) is 18.9 Å². The minimum Gasteiger partial charge on any atom is -0.382 e. The predicted molar refractivity (Wildman–Crippen MR) is 127 cm³/mol. The van der Waals surface area contributed by atoms with Crippen molar-refractivity contribution >= 4 is 13.8 Å². The zero-order valence-electron chi connectivity index (χ0n) is 20.5. The van der Waals surface area contributed by atoms with Gasteiger partial charge in [0.25, 0.3) is 0 Å². The maximum absolute atomic E-state index is 13.2. The molecule has 0 saturated carbocycles. The number of nitrogens with zero attached hydrogens (tertiary/aromatic N) is 3. The SMILES string of the molecule is B[C@@H]1O[C@H](COC)C(OC)[C@@H]1OCC(=O)N(CCN1CCCCC1)CCN1CCCCC1. The van der Waals surface area contributed by atoms with E-state index in [1.54, 1.807) is 14.2 Å². The van der Waals surface area contributed by atoms with Crippen LogP contribution in [0.25, 0.3) is 0 Å². The van der Waals surface area contributed by atoms with Crippen LogP contribution in [-0.2, 0) is 23.7 Å². The van der Waals surface area contributed by atoms with Gasteiger partial charge in [-0.1, -0.05) is 12.8 Å². The van der Waals surface area contributed by atoms with E-state index in [-0.39, 0.29) is 36.8 Å². The molecule has 3 aliphatic heterocycles. The van der Waals surface area contributed by atoms with Crippen molar-refractivity contribution in [1.82, 2.24) is 14.7 Å². The molecule has 0 aliphatic carbocycles. The van der Waals surface area contributed by atoms with Gasteiger partial charge in [0.1, 0.15) is 32.8 Å². The molecule has 0 aromatic heterocycles. The van der Waals surface area contributed by atoms with E-state index in [0.717, 1.165) is 52.4 Å². The molecule has 0 N–H and O–H groups in total. The maximum Gasteiger partial charge on any atom is 0.248 e. The smallest absolute Gasteiger partial charge is 0.248 e. The van der Waals surface area contributed by atoms with E-state index in [1.807, 2.05) is 12.7 Å². The second kappa shape index (κ2) is 13.9. The summed E-state index contributed by atoms with van der Waals surface area (Å²) in [5.74, 6) is 0.0660. The Morgan fingerprint density at radius 2 is 1.50 bits per heavy atom. The average Bonchev–Trinajstić information content (AvgIpc) is 3.12. The van der Waals surface area contributed by atoms with Crippen LogP contribution in [0.4, 0.5) is 0 Å². The maximum atomic E-state index is 13.2. The molecule has 0 bridgehead atoms. The van der Waals surface area contributed by atoms with Gasteiger partial charge in [0.05, 0.1) is 12.6 Å². The minimum absolute atomic E-state index is 0.0660. The van der Waals surface area contributed by atoms with Gasteiger partial charge in [-0.25, -0.2) is 0 Å². The number of carbonyl (C=O) groups excluding carboxylic acids is 1. The molecule has 3 saturated heterocycles. The molecule has 32 heavy (non-hydrogen) atoms. The lowest BCUT2D eigenvalue weighted by molar-refractivity contribution is -0.141. The Morgan fingerprint density at radius 3 is 2.00 bits per heavy atom. The van der Waals surface area contributed by atoms with Crippen molar-refractivity contribution in [1.29, 1.82) is 0 Å². The molecule has 0 aromatic rings. The van der Waals surface area contributed by atoms with Crippen LogP contribution in [-0.4, -0.2) is 133 Å². The number of carbonyl (C=O) groups is 1. The quantitative estimate of drug-likeness (QED) is 0.391. The van der Waals surface area contributed by atoms with Crippen molar-refractivity contribution in [2.45, 2.75) is 62.8 Å². The van der Waals surface area contributed by atoms with E-state index in [9.17, 15) is 4.79 Å². The van der Waals surface area contributed by atoms with Gasteiger partial charge >= 0.3 is 0 Å². The van der Waals surface area contributed by atoms with Crippen LogP contribution in [0.5, 0.6) is 0 Å². The van der Waals surface area contributed by atoms with Crippen LogP contribution in [0.2, 0.25) is 0 Å². The van der Waals surface area contributed by atoms with Crippen LogP contribution >= 0.6 is 0 Å². The summed E-state index contributed by atoms with van der Waals surface area (Å²) in [6.07, 6.45) is 7.06. The van der Waals surface area contributed by atoms with E-state index < -0.39 is 0 Å². The second-order valence-corrected chi connectivity index (χ2v) is 9.50. The fraction of sp³-hybridized carbons (Fsp3) is 0.957. The highest BCUT2D eigenvalue weighted by Gasteiger charge is 2.43. The van der Waals surface area contributed by atoms with E-state index in [1.165, 1.54) is 38.5 Å². The Kier molecular flexibility index (Phi) is 11.2. The van der Waals surface area contributed by atoms with Crippen molar-refractivity contribution in [2.75, 3.05) is 79.8 Å². The summed E-state index contributed by atoms with van der Waals surface area (Å²) in [4.78, 5) is 20.2. The third-order valence-electron chi connectivity index (χ3n) is 7.17. The van der Waals surface area contributed by atoms with Gasteiger partial charge in [-0.3, -0.25) is 4.79 Å². The van der Waals surface area contributed by atoms with E-state index in [2.05, 4.69) is 9.80 Å². The van der Waals surface area contributed by atoms with Crippen LogP contribution < -0.4 is 0 Å². The highest BCUT2D eigenvalue weighted by atomic mass is 16.6. The number of amides is 1. The van der Waals surface area contributed by atoms with Crippen molar-refractivity contribution in [3.8, 4) is 0 Å². The molecular weight excluding hydrogens is 409 g/mol. The van der Waals surface area contributed by atoms with Crippen molar-refractivity contribution in [3.05, 3.63) is 0 Å². The molecule has 3 aliphatic rings. The van der Waals surface area contributed by atoms with E-state index >= 15 is 0 Å². The summed E-state index contributed by atoms with van der Waals surface area (Å²) in [5.41, 5.74) is 0. The highest BCUT2D eigenvalue weighted by molar-refractivity contribution is 6.11. The molecule has 3 fully saturated rings. The summed E-state index contributed by atoms with van der Waals surface area (Å²) < 4.78 is 22.9. The van der Waals surface area contributed by atoms with Gasteiger partial charge in [0.2, 0.25) is 5.91 Å². The molecular formula is C23H44BN3O5. The highest BCUT2D eigenvalue weighted by Crippen LogP contribution is 2.25. The molecule has 1 amide bonds. The standard InChI is InChI=1S/C23H44BN3O5/c1-29-17-19-21(30-2)22(23(24)32-19)31-18-20(28)27(15-13-25-9-5-3-6-10-25)16-14-26-11-7-4-8-12-26/h19,21-23H,3-18,24H2,1-2H3/t19-,21?,22+,23-/m1/s1. The normalized spacial score (nSPS) is 29.9. The lowest BCUT2D eigenvalue weighted by Gasteiger charge is -2.33. The zero-order valence-corrected chi connectivity index (χ0v) is 20.5. The number of hydrogen-bond donors (Lipinski definition) is 0. The Labute approximate surface area is 195 Å². The zero-order chi connectivity index (χ0) is 22.8. The summed E-state index contributed by atoms with van der Waals surface area (Å²) in [5, 5.41) is 0. The van der Waals surface area contributed by atoms with E-state index in [0.29, 0.717) is 6.61 Å². The second-order valence-electron chi connectivity index (χ2n) is 9.50. The van der Waals surface area contributed by atoms with Crippen molar-refractivity contribution in [2.24, 2.45) is 0 Å². The van der Waals surface area contributed by atoms with Crippen LogP contribution in [0, 0.1) is 0 Å². The van der Waals surface area contributed by atoms with Gasteiger partial charge < -0.3 is 33.6 Å². The third kappa shape index (κ3) is 7.67. The Morgan fingerprint density at radius 1 is 0.938 bits per heavy atom. The number of rotatable bonds is 12. The number of piperidine rings is 2. The van der Waals surface area contributed by atoms with Crippen LogP contribution in [0.1, 0.15) is 38.5 Å². The Hall–Kier alpha value is -0.705. The molecule has 3 rings (SSSR count). The Balaban J connectivity index is 1.52. The molecule has 1 unspecified atom stereocenters. The van der Waals surface area contributed by atoms with Gasteiger partial charge in [-0.15, -0.1) is 0 Å². The molecule has 0 spiro atoms. The number of likely N-dealkylation sites (tertiary alicyclic amines) is 2. The van der Waals surface area contributed by atoms with Gasteiger partial charge in [0, 0.05) is 40.4 Å². The number of hydrogen-bond acceptors (Lipinski definition) is 7. The molecule has 184 valence electrons. The third-order valence-corrected chi connectivity index (χ3v) is 7.17. The minimum atomic E-state index is -0.268. The predicted octanol–water partition coefficient (Wildman–Crippen LogP) is 0.191. The number of ether oxygens (including phenoxy) is 4. The first-order valence-corrected chi connectivity index (χ1v) is 12.6. The fourth-order valence-electron chi connectivity index (χ4n) is 5.23. The molecule has 9 heteroatoms. The largest absolute Gasteiger partial charge is 0.382 e. The van der Waals surface area contributed by atoms with Crippen molar-refractivity contribution < 1.29 is 23.7 Å². The lowest BCUT2D eigenvalue weighted by atomic mass is 9.93. The van der Waals surface area contributed by atoms with Gasteiger partial charge in [-0.2, -0.15) is 0 Å². The van der Waals surface area contributed by atoms with Gasteiger partial charge in [0.15, 0.2) is 0 Å². The molecule has 3 heterocycles. The first-order valence-electron chi connectivity index (χ1n) is 12.6. The number of methoxy groups -OCH3 is 2. The lowest BCUT2D eigenvalue weighted by Crippen LogP contribution is -2.47.